The highest BCUT2D eigenvalue weighted by Gasteiger charge is 2.32. The van der Waals surface area contributed by atoms with Crippen molar-refractivity contribution < 1.29 is 13.0 Å². The number of alkyl halides is 2. The van der Waals surface area contributed by atoms with Gasteiger partial charge in [-0.2, -0.15) is 0 Å². The van der Waals surface area contributed by atoms with Crippen molar-refractivity contribution in [3.63, 3.8) is 0 Å². The summed E-state index contributed by atoms with van der Waals surface area (Å²) in [6.45, 7) is 5.59. The Morgan fingerprint density at radius 2 is 1.81 bits per heavy atom. The molecule has 1 aliphatic carbocycles. The monoisotopic (exact) mass is 251 g/mol. The van der Waals surface area contributed by atoms with Gasteiger partial charge in [0.1, 0.15) is 11.0 Å². The Kier molecular flexibility index (Phi) is 4.10. The molecular formula is C11H19F2NOS. The summed E-state index contributed by atoms with van der Waals surface area (Å²) in [5, 5.41) is 0. The van der Waals surface area contributed by atoms with Crippen molar-refractivity contribution >= 4 is 11.0 Å². The maximum absolute atomic E-state index is 12.9. The third-order valence-electron chi connectivity index (χ3n) is 2.55. The van der Waals surface area contributed by atoms with Gasteiger partial charge < -0.3 is 4.72 Å². The molecule has 0 radical (unpaired) electrons. The van der Waals surface area contributed by atoms with E-state index in [-0.39, 0.29) is 17.6 Å². The summed E-state index contributed by atoms with van der Waals surface area (Å²) in [7, 11) is -1.17. The normalized spacial score (nSPS) is 22.7. The molecule has 0 saturated heterocycles. The first-order valence-electron chi connectivity index (χ1n) is 5.44. The fraction of sp³-hybridized carbons (Fsp3) is 0.818. The first kappa shape index (κ1) is 13.6. The van der Waals surface area contributed by atoms with E-state index in [0.29, 0.717) is 12.8 Å². The van der Waals surface area contributed by atoms with E-state index in [1.165, 1.54) is 0 Å². The van der Waals surface area contributed by atoms with Crippen LogP contribution in [0.3, 0.4) is 0 Å². The average molecular weight is 251 g/mol. The number of hydrogen-bond acceptors (Lipinski definition) is 1. The summed E-state index contributed by atoms with van der Waals surface area (Å²) in [6.07, 6.45) is 2.24. The van der Waals surface area contributed by atoms with E-state index in [9.17, 15) is 13.0 Å². The van der Waals surface area contributed by atoms with E-state index in [4.69, 9.17) is 0 Å². The van der Waals surface area contributed by atoms with E-state index in [2.05, 4.69) is 4.72 Å². The molecule has 0 aliphatic heterocycles. The van der Waals surface area contributed by atoms with Crippen molar-refractivity contribution in [2.24, 2.45) is 0 Å². The Labute approximate surface area is 98.1 Å². The molecular weight excluding hydrogens is 232 g/mol. The lowest BCUT2D eigenvalue weighted by molar-refractivity contribution is -0.0246. The fourth-order valence-corrected chi connectivity index (χ4v) is 2.02. The minimum absolute atomic E-state index is 0.0946. The lowest BCUT2D eigenvalue weighted by Gasteiger charge is -2.24. The van der Waals surface area contributed by atoms with Gasteiger partial charge in [-0.3, -0.25) is 0 Å². The zero-order valence-electron chi connectivity index (χ0n) is 9.98. The lowest BCUT2D eigenvalue weighted by atomic mass is 9.93. The minimum Gasteiger partial charge on any atom is -0.312 e. The van der Waals surface area contributed by atoms with Crippen LogP contribution in [0.15, 0.2) is 11.8 Å². The average Bonchev–Trinajstić information content (AvgIpc) is 2.14. The van der Waals surface area contributed by atoms with Crippen LogP contribution in [0.4, 0.5) is 8.78 Å². The largest absolute Gasteiger partial charge is 0.312 e. The van der Waals surface area contributed by atoms with Crippen molar-refractivity contribution in [3.05, 3.63) is 11.8 Å². The van der Waals surface area contributed by atoms with Crippen molar-refractivity contribution in [3.8, 4) is 0 Å². The van der Waals surface area contributed by atoms with Crippen molar-refractivity contribution in [2.75, 3.05) is 0 Å². The van der Waals surface area contributed by atoms with Gasteiger partial charge in [-0.25, -0.2) is 13.0 Å². The third kappa shape index (κ3) is 4.20. The van der Waals surface area contributed by atoms with Gasteiger partial charge in [0.25, 0.3) is 0 Å². The predicted molar refractivity (Wildman–Crippen MR) is 62.5 cm³/mol. The maximum atomic E-state index is 12.9. The van der Waals surface area contributed by atoms with E-state index in [1.807, 2.05) is 20.8 Å². The fourth-order valence-electron chi connectivity index (χ4n) is 1.39. The molecule has 0 bridgehead atoms. The summed E-state index contributed by atoms with van der Waals surface area (Å²) in [5.41, 5.74) is 0.934. The highest BCUT2D eigenvalue weighted by Crippen LogP contribution is 2.35. The Morgan fingerprint density at radius 1 is 1.31 bits per heavy atom. The number of allylic oxidation sites excluding steroid dienone is 1. The van der Waals surface area contributed by atoms with Gasteiger partial charge in [0.05, 0.1) is 4.75 Å². The van der Waals surface area contributed by atoms with E-state index in [0.717, 1.165) is 5.57 Å². The van der Waals surface area contributed by atoms with Crippen molar-refractivity contribution in [1.29, 1.82) is 0 Å². The number of rotatable bonds is 2. The van der Waals surface area contributed by atoms with Gasteiger partial charge in [0.15, 0.2) is 0 Å². The zero-order chi connectivity index (χ0) is 12.4. The van der Waals surface area contributed by atoms with Crippen LogP contribution >= 0.6 is 0 Å². The summed E-state index contributed by atoms with van der Waals surface area (Å²) in [6, 6.07) is 0. The van der Waals surface area contributed by atoms with E-state index < -0.39 is 16.9 Å². The molecule has 2 nitrogen and oxygen atoms in total. The molecule has 0 amide bonds. The van der Waals surface area contributed by atoms with Gasteiger partial charge in [0, 0.05) is 19.0 Å². The van der Waals surface area contributed by atoms with E-state index >= 15 is 0 Å². The van der Waals surface area contributed by atoms with Crippen molar-refractivity contribution in [2.45, 2.75) is 57.1 Å². The van der Waals surface area contributed by atoms with Crippen LogP contribution in [-0.4, -0.2) is 14.9 Å². The van der Waals surface area contributed by atoms with Gasteiger partial charge in [-0.05, 0) is 33.6 Å². The Hall–Kier alpha value is -0.450. The Bertz CT molecular complexity index is 296. The lowest BCUT2D eigenvalue weighted by Crippen LogP contribution is -2.31. The molecule has 1 rings (SSSR count). The molecule has 0 spiro atoms. The van der Waals surface area contributed by atoms with Gasteiger partial charge >= 0.3 is 0 Å². The second kappa shape index (κ2) is 4.82. The number of hydrogen-bond donors (Lipinski definition) is 1. The topological polar surface area (TPSA) is 29.1 Å². The molecule has 5 heteroatoms. The maximum Gasteiger partial charge on any atom is 0.248 e. The van der Waals surface area contributed by atoms with Crippen LogP contribution in [0.2, 0.25) is 0 Å². The minimum atomic E-state index is -2.51. The van der Waals surface area contributed by atoms with Crippen LogP contribution in [0.25, 0.3) is 0 Å². The van der Waals surface area contributed by atoms with Crippen LogP contribution in [0, 0.1) is 0 Å². The second-order valence-corrected chi connectivity index (χ2v) is 7.16. The van der Waals surface area contributed by atoms with Crippen LogP contribution < -0.4 is 4.72 Å². The molecule has 0 aromatic rings. The smallest absolute Gasteiger partial charge is 0.248 e. The Morgan fingerprint density at radius 3 is 2.25 bits per heavy atom. The quantitative estimate of drug-likeness (QED) is 0.802. The van der Waals surface area contributed by atoms with Gasteiger partial charge in [-0.15, -0.1) is 0 Å². The first-order chi connectivity index (χ1) is 7.21. The van der Waals surface area contributed by atoms with Crippen molar-refractivity contribution in [1.82, 2.24) is 4.72 Å². The number of halogens is 2. The van der Waals surface area contributed by atoms with E-state index in [1.54, 1.807) is 6.20 Å². The second-order valence-electron chi connectivity index (χ2n) is 5.16. The molecule has 1 atom stereocenters. The summed E-state index contributed by atoms with van der Waals surface area (Å²) in [5.74, 6) is -2.51. The number of nitrogens with one attached hydrogen (secondary N) is 1. The highest BCUT2D eigenvalue weighted by atomic mass is 32.2. The molecule has 1 N–H and O–H groups in total. The Balaban J connectivity index is 2.46. The molecule has 0 aromatic heterocycles. The highest BCUT2D eigenvalue weighted by molar-refractivity contribution is 7.84. The van der Waals surface area contributed by atoms with Crippen LogP contribution in [0.5, 0.6) is 0 Å². The molecule has 16 heavy (non-hydrogen) atoms. The molecule has 1 aliphatic rings. The summed E-state index contributed by atoms with van der Waals surface area (Å²) < 4.78 is 39.8. The molecule has 0 heterocycles. The third-order valence-corrected chi connectivity index (χ3v) is 3.99. The summed E-state index contributed by atoms with van der Waals surface area (Å²) in [4.78, 5) is 0. The van der Waals surface area contributed by atoms with Crippen LogP contribution in [-0.2, 0) is 11.0 Å². The standard InChI is InChI=1S/C11H19F2NOS/c1-10(2,3)16(15)14-8-9-4-6-11(12,13)7-5-9/h8,14H,4-7H2,1-3H3. The zero-order valence-corrected chi connectivity index (χ0v) is 10.8. The molecule has 1 saturated carbocycles. The first-order valence-corrected chi connectivity index (χ1v) is 6.59. The van der Waals surface area contributed by atoms with Gasteiger partial charge in [0.2, 0.25) is 5.92 Å². The van der Waals surface area contributed by atoms with Crippen LogP contribution in [0.1, 0.15) is 46.5 Å². The SMILES string of the molecule is CC(C)(C)S(=O)NC=C1CCC(F)(F)CC1. The van der Waals surface area contributed by atoms with Gasteiger partial charge in [-0.1, -0.05) is 5.57 Å². The molecule has 94 valence electrons. The predicted octanol–water partition coefficient (Wildman–Crippen LogP) is 3.13. The molecule has 0 aromatic carbocycles. The summed E-state index contributed by atoms with van der Waals surface area (Å²) >= 11 is 0. The molecule has 1 unspecified atom stereocenters. The molecule has 1 fully saturated rings.